The summed E-state index contributed by atoms with van der Waals surface area (Å²) in [7, 11) is 0. The molecule has 0 aliphatic heterocycles. The molecule has 1 aromatic carbocycles. The lowest BCUT2D eigenvalue weighted by Gasteiger charge is -2.11. The van der Waals surface area contributed by atoms with Crippen molar-refractivity contribution in [3.05, 3.63) is 39.6 Å². The molecular weight excluding hydrogens is 306 g/mol. The first-order valence-electron chi connectivity index (χ1n) is 6.08. The van der Waals surface area contributed by atoms with Crippen molar-refractivity contribution in [2.24, 2.45) is 0 Å². The van der Waals surface area contributed by atoms with E-state index in [4.69, 9.17) is 10.5 Å². The van der Waals surface area contributed by atoms with E-state index in [1.54, 1.807) is 0 Å². The predicted molar refractivity (Wildman–Crippen MR) is 79.5 cm³/mol. The highest BCUT2D eigenvalue weighted by molar-refractivity contribution is 9.10. The van der Waals surface area contributed by atoms with Crippen LogP contribution in [0.3, 0.4) is 0 Å². The predicted octanol–water partition coefficient (Wildman–Crippen LogP) is 3.79. The SMILES string of the molecule is CCc1nc(N)c(C)c(Oc2ccc(Br)c(C)c2)n1. The second-order valence-corrected chi connectivity index (χ2v) is 5.18. The van der Waals surface area contributed by atoms with E-state index < -0.39 is 0 Å². The van der Waals surface area contributed by atoms with Crippen molar-refractivity contribution < 1.29 is 4.74 Å². The number of benzene rings is 1. The van der Waals surface area contributed by atoms with Gasteiger partial charge in [0.25, 0.3) is 0 Å². The van der Waals surface area contributed by atoms with E-state index in [2.05, 4.69) is 25.9 Å². The van der Waals surface area contributed by atoms with E-state index in [1.807, 2.05) is 39.0 Å². The van der Waals surface area contributed by atoms with E-state index >= 15 is 0 Å². The molecule has 0 aliphatic carbocycles. The van der Waals surface area contributed by atoms with Gasteiger partial charge in [0.05, 0.1) is 5.56 Å². The molecule has 0 saturated heterocycles. The minimum atomic E-state index is 0.468. The summed E-state index contributed by atoms with van der Waals surface area (Å²) in [4.78, 5) is 8.58. The molecule has 2 N–H and O–H groups in total. The van der Waals surface area contributed by atoms with Gasteiger partial charge in [-0.25, -0.2) is 4.98 Å². The number of nitrogens with two attached hydrogens (primary N) is 1. The van der Waals surface area contributed by atoms with Gasteiger partial charge in [-0.1, -0.05) is 22.9 Å². The highest BCUT2D eigenvalue weighted by Gasteiger charge is 2.10. The highest BCUT2D eigenvalue weighted by atomic mass is 79.9. The zero-order valence-corrected chi connectivity index (χ0v) is 12.8. The number of hydrogen-bond acceptors (Lipinski definition) is 4. The minimum absolute atomic E-state index is 0.468. The summed E-state index contributed by atoms with van der Waals surface area (Å²) in [5, 5.41) is 0. The van der Waals surface area contributed by atoms with Gasteiger partial charge < -0.3 is 10.5 Å². The maximum absolute atomic E-state index is 5.87. The second kappa shape index (κ2) is 5.57. The standard InChI is InChI=1S/C14H16BrN3O/c1-4-12-17-13(16)9(3)14(18-12)19-10-5-6-11(15)8(2)7-10/h5-7H,4H2,1-3H3,(H2,16,17,18). The maximum Gasteiger partial charge on any atom is 0.227 e. The molecule has 0 saturated carbocycles. The number of nitrogen functional groups attached to an aromatic ring is 1. The summed E-state index contributed by atoms with van der Waals surface area (Å²) < 4.78 is 6.87. The van der Waals surface area contributed by atoms with Gasteiger partial charge in [0, 0.05) is 10.9 Å². The van der Waals surface area contributed by atoms with Crippen LogP contribution in [0.5, 0.6) is 11.6 Å². The fourth-order valence-corrected chi connectivity index (χ4v) is 1.85. The van der Waals surface area contributed by atoms with Crippen LogP contribution in [0.1, 0.15) is 23.9 Å². The van der Waals surface area contributed by atoms with E-state index in [0.717, 1.165) is 27.8 Å². The van der Waals surface area contributed by atoms with Gasteiger partial charge in [0.1, 0.15) is 17.4 Å². The first kappa shape index (κ1) is 13.8. The van der Waals surface area contributed by atoms with Crippen LogP contribution < -0.4 is 10.5 Å². The number of anilines is 1. The first-order chi connectivity index (χ1) is 9.01. The topological polar surface area (TPSA) is 61.0 Å². The zero-order valence-electron chi connectivity index (χ0n) is 11.2. The molecule has 0 unspecified atom stereocenters. The number of rotatable bonds is 3. The van der Waals surface area contributed by atoms with Crippen molar-refractivity contribution in [1.29, 1.82) is 0 Å². The fraction of sp³-hybridized carbons (Fsp3) is 0.286. The Morgan fingerprint density at radius 2 is 2.00 bits per heavy atom. The zero-order chi connectivity index (χ0) is 14.0. The normalized spacial score (nSPS) is 10.5. The van der Waals surface area contributed by atoms with Crippen molar-refractivity contribution in [3.63, 3.8) is 0 Å². The molecule has 0 aliphatic rings. The molecule has 5 heteroatoms. The van der Waals surface area contributed by atoms with Crippen LogP contribution in [0.15, 0.2) is 22.7 Å². The quantitative estimate of drug-likeness (QED) is 0.934. The van der Waals surface area contributed by atoms with Gasteiger partial charge in [0.2, 0.25) is 5.88 Å². The molecule has 0 radical (unpaired) electrons. The van der Waals surface area contributed by atoms with Crippen LogP contribution in [-0.2, 0) is 6.42 Å². The van der Waals surface area contributed by atoms with Crippen molar-refractivity contribution >= 4 is 21.7 Å². The number of aryl methyl sites for hydroxylation is 2. The molecule has 0 fully saturated rings. The van der Waals surface area contributed by atoms with Crippen molar-refractivity contribution in [2.45, 2.75) is 27.2 Å². The average Bonchev–Trinajstić information content (AvgIpc) is 2.39. The largest absolute Gasteiger partial charge is 0.439 e. The molecule has 0 amide bonds. The Morgan fingerprint density at radius 1 is 1.26 bits per heavy atom. The highest BCUT2D eigenvalue weighted by Crippen LogP contribution is 2.28. The van der Waals surface area contributed by atoms with Crippen LogP contribution in [0, 0.1) is 13.8 Å². The smallest absolute Gasteiger partial charge is 0.227 e. The number of nitrogens with zero attached hydrogens (tertiary/aromatic N) is 2. The van der Waals surface area contributed by atoms with Crippen LogP contribution in [0.25, 0.3) is 0 Å². The number of halogens is 1. The van der Waals surface area contributed by atoms with Crippen LogP contribution in [0.4, 0.5) is 5.82 Å². The summed E-state index contributed by atoms with van der Waals surface area (Å²) in [6.07, 6.45) is 0.722. The van der Waals surface area contributed by atoms with Gasteiger partial charge in [-0.3, -0.25) is 0 Å². The lowest BCUT2D eigenvalue weighted by atomic mass is 10.2. The van der Waals surface area contributed by atoms with Gasteiger partial charge in [-0.05, 0) is 37.6 Å². The van der Waals surface area contributed by atoms with Crippen LogP contribution in [0.2, 0.25) is 0 Å². The van der Waals surface area contributed by atoms with Crippen molar-refractivity contribution in [3.8, 4) is 11.6 Å². The molecule has 4 nitrogen and oxygen atoms in total. The van der Waals surface area contributed by atoms with E-state index in [9.17, 15) is 0 Å². The van der Waals surface area contributed by atoms with Crippen molar-refractivity contribution in [1.82, 2.24) is 9.97 Å². The van der Waals surface area contributed by atoms with Gasteiger partial charge in [-0.2, -0.15) is 4.98 Å². The Kier molecular flexibility index (Phi) is 4.04. The van der Waals surface area contributed by atoms with Gasteiger partial charge in [0.15, 0.2) is 0 Å². The summed E-state index contributed by atoms with van der Waals surface area (Å²) in [5.74, 6) is 2.41. The molecular formula is C14H16BrN3O. The number of ether oxygens (including phenoxy) is 1. The first-order valence-corrected chi connectivity index (χ1v) is 6.87. The summed E-state index contributed by atoms with van der Waals surface area (Å²) in [5.41, 5.74) is 7.73. The average molecular weight is 322 g/mol. The summed E-state index contributed by atoms with van der Waals surface area (Å²) >= 11 is 3.46. The Balaban J connectivity index is 2.37. The monoisotopic (exact) mass is 321 g/mol. The Morgan fingerprint density at radius 3 is 2.63 bits per heavy atom. The number of aromatic nitrogens is 2. The van der Waals surface area contributed by atoms with Gasteiger partial charge >= 0.3 is 0 Å². The molecule has 100 valence electrons. The Labute approximate surface area is 121 Å². The van der Waals surface area contributed by atoms with Gasteiger partial charge in [-0.15, -0.1) is 0 Å². The molecule has 0 bridgehead atoms. The lowest BCUT2D eigenvalue weighted by molar-refractivity contribution is 0.455. The third-order valence-corrected chi connectivity index (χ3v) is 3.74. The van der Waals surface area contributed by atoms with Crippen molar-refractivity contribution in [2.75, 3.05) is 5.73 Å². The fourth-order valence-electron chi connectivity index (χ4n) is 1.61. The lowest BCUT2D eigenvalue weighted by Crippen LogP contribution is -2.04. The Hall–Kier alpha value is -1.62. The van der Waals surface area contributed by atoms with E-state index in [-0.39, 0.29) is 0 Å². The summed E-state index contributed by atoms with van der Waals surface area (Å²) in [6.45, 7) is 5.85. The Bertz CT molecular complexity index is 614. The number of hydrogen-bond donors (Lipinski definition) is 1. The molecule has 0 spiro atoms. The summed E-state index contributed by atoms with van der Waals surface area (Å²) in [6, 6.07) is 5.79. The second-order valence-electron chi connectivity index (χ2n) is 4.32. The van der Waals surface area contributed by atoms with Crippen LogP contribution >= 0.6 is 15.9 Å². The van der Waals surface area contributed by atoms with Crippen LogP contribution in [-0.4, -0.2) is 9.97 Å². The van der Waals surface area contributed by atoms with E-state index in [0.29, 0.717) is 17.5 Å². The molecule has 19 heavy (non-hydrogen) atoms. The molecule has 1 aromatic heterocycles. The third kappa shape index (κ3) is 3.04. The van der Waals surface area contributed by atoms with E-state index in [1.165, 1.54) is 0 Å². The molecule has 1 heterocycles. The molecule has 0 atom stereocenters. The third-order valence-electron chi connectivity index (χ3n) is 2.85. The minimum Gasteiger partial charge on any atom is -0.439 e. The maximum atomic E-state index is 5.87. The molecule has 2 rings (SSSR count). The molecule has 2 aromatic rings.